The van der Waals surface area contributed by atoms with Gasteiger partial charge in [-0.2, -0.15) is 5.10 Å². The smallest absolute Gasteiger partial charge is 0.266 e. The summed E-state index contributed by atoms with van der Waals surface area (Å²) < 4.78 is 1.64. The third-order valence-electron chi connectivity index (χ3n) is 4.52. The summed E-state index contributed by atoms with van der Waals surface area (Å²) in [6.07, 6.45) is 5.59. The molecule has 6 nitrogen and oxygen atoms in total. The van der Waals surface area contributed by atoms with E-state index in [-0.39, 0.29) is 11.0 Å². The summed E-state index contributed by atoms with van der Waals surface area (Å²) in [6, 6.07) is 5.31. The standard InChI is InChI=1S/C18H25N5O/c1-18(2,3)15-5-6-16(24)23(21-15)13-14-7-11-22(12-8-14)17-19-9-4-10-20-17/h4-6,9-10,14H,7-8,11-13H2,1-3H3. The van der Waals surface area contributed by atoms with Gasteiger partial charge < -0.3 is 4.90 Å². The van der Waals surface area contributed by atoms with Crippen LogP contribution in [0.15, 0.2) is 35.4 Å². The van der Waals surface area contributed by atoms with Gasteiger partial charge in [-0.05, 0) is 30.9 Å². The molecule has 0 aromatic carbocycles. The normalized spacial score (nSPS) is 16.4. The number of piperidine rings is 1. The Morgan fingerprint density at radius 1 is 1.12 bits per heavy atom. The molecule has 0 bridgehead atoms. The second kappa shape index (κ2) is 6.71. The molecule has 0 N–H and O–H groups in total. The van der Waals surface area contributed by atoms with E-state index in [1.54, 1.807) is 23.1 Å². The van der Waals surface area contributed by atoms with Gasteiger partial charge in [0.25, 0.3) is 5.56 Å². The van der Waals surface area contributed by atoms with Gasteiger partial charge in [0, 0.05) is 43.5 Å². The molecule has 0 unspecified atom stereocenters. The van der Waals surface area contributed by atoms with Crippen molar-refractivity contribution in [2.24, 2.45) is 5.92 Å². The van der Waals surface area contributed by atoms with Gasteiger partial charge >= 0.3 is 0 Å². The number of nitrogens with zero attached hydrogens (tertiary/aromatic N) is 5. The van der Waals surface area contributed by atoms with Crippen molar-refractivity contribution in [3.63, 3.8) is 0 Å². The van der Waals surface area contributed by atoms with E-state index in [0.29, 0.717) is 12.5 Å². The Bertz CT molecular complexity index is 727. The molecule has 3 heterocycles. The van der Waals surface area contributed by atoms with Crippen LogP contribution in [0.2, 0.25) is 0 Å². The zero-order valence-corrected chi connectivity index (χ0v) is 14.6. The molecule has 0 atom stereocenters. The Hall–Kier alpha value is -2.24. The molecule has 1 aliphatic heterocycles. The highest BCUT2D eigenvalue weighted by Gasteiger charge is 2.23. The SMILES string of the molecule is CC(C)(C)c1ccc(=O)n(CC2CCN(c3ncccn3)CC2)n1. The summed E-state index contributed by atoms with van der Waals surface area (Å²) >= 11 is 0. The van der Waals surface area contributed by atoms with Gasteiger partial charge in [0.2, 0.25) is 5.95 Å². The van der Waals surface area contributed by atoms with Crippen LogP contribution in [-0.2, 0) is 12.0 Å². The molecule has 0 radical (unpaired) electrons. The first-order valence-corrected chi connectivity index (χ1v) is 8.54. The van der Waals surface area contributed by atoms with Crippen LogP contribution in [0.4, 0.5) is 5.95 Å². The number of aromatic nitrogens is 4. The predicted octanol–water partition coefficient (Wildman–Crippen LogP) is 2.25. The van der Waals surface area contributed by atoms with Gasteiger partial charge in [0.1, 0.15) is 0 Å². The minimum atomic E-state index is -0.0521. The highest BCUT2D eigenvalue weighted by atomic mass is 16.1. The first kappa shape index (κ1) is 16.6. The summed E-state index contributed by atoms with van der Waals surface area (Å²) in [7, 11) is 0. The Morgan fingerprint density at radius 3 is 2.42 bits per heavy atom. The van der Waals surface area contributed by atoms with E-state index in [1.807, 2.05) is 12.1 Å². The minimum Gasteiger partial charge on any atom is -0.341 e. The lowest BCUT2D eigenvalue weighted by molar-refractivity contribution is 0.328. The number of anilines is 1. The van der Waals surface area contributed by atoms with Crippen molar-refractivity contribution in [3.8, 4) is 0 Å². The second-order valence-corrected chi connectivity index (χ2v) is 7.47. The van der Waals surface area contributed by atoms with E-state index < -0.39 is 0 Å². The fourth-order valence-electron chi connectivity index (χ4n) is 2.99. The van der Waals surface area contributed by atoms with Crippen molar-refractivity contribution in [1.82, 2.24) is 19.7 Å². The summed E-state index contributed by atoms with van der Waals surface area (Å²) in [6.45, 7) is 8.87. The van der Waals surface area contributed by atoms with Crippen LogP contribution in [0.5, 0.6) is 0 Å². The van der Waals surface area contributed by atoms with Gasteiger partial charge in [-0.15, -0.1) is 0 Å². The highest BCUT2D eigenvalue weighted by Crippen LogP contribution is 2.22. The predicted molar refractivity (Wildman–Crippen MR) is 94.2 cm³/mol. The third kappa shape index (κ3) is 3.80. The first-order valence-electron chi connectivity index (χ1n) is 8.54. The summed E-state index contributed by atoms with van der Waals surface area (Å²) in [5.74, 6) is 1.26. The number of hydrogen-bond acceptors (Lipinski definition) is 5. The van der Waals surface area contributed by atoms with Gasteiger partial charge in [-0.3, -0.25) is 4.79 Å². The molecule has 0 spiro atoms. The van der Waals surface area contributed by atoms with E-state index in [1.165, 1.54) is 0 Å². The molecule has 0 saturated carbocycles. The zero-order valence-electron chi connectivity index (χ0n) is 14.6. The average Bonchev–Trinajstić information content (AvgIpc) is 2.57. The highest BCUT2D eigenvalue weighted by molar-refractivity contribution is 5.28. The molecule has 0 aliphatic carbocycles. The van der Waals surface area contributed by atoms with Gasteiger partial charge in [-0.1, -0.05) is 20.8 Å². The van der Waals surface area contributed by atoms with Crippen LogP contribution in [0.3, 0.4) is 0 Å². The molecule has 2 aromatic rings. The molecule has 0 amide bonds. The second-order valence-electron chi connectivity index (χ2n) is 7.47. The molecule has 1 saturated heterocycles. The van der Waals surface area contributed by atoms with Crippen LogP contribution in [0, 0.1) is 5.92 Å². The van der Waals surface area contributed by atoms with E-state index in [4.69, 9.17) is 0 Å². The van der Waals surface area contributed by atoms with Gasteiger partial charge in [0.15, 0.2) is 0 Å². The molecule has 2 aromatic heterocycles. The van der Waals surface area contributed by atoms with Gasteiger partial charge in [-0.25, -0.2) is 14.6 Å². The third-order valence-corrected chi connectivity index (χ3v) is 4.52. The molecular weight excluding hydrogens is 302 g/mol. The first-order chi connectivity index (χ1) is 11.4. The van der Waals surface area contributed by atoms with Crippen LogP contribution < -0.4 is 10.5 Å². The molecular formula is C18H25N5O. The number of hydrogen-bond donors (Lipinski definition) is 0. The molecule has 3 rings (SSSR count). The fraction of sp³-hybridized carbons (Fsp3) is 0.556. The topological polar surface area (TPSA) is 63.9 Å². The summed E-state index contributed by atoms with van der Waals surface area (Å²) in [4.78, 5) is 23.0. The quantitative estimate of drug-likeness (QED) is 0.865. The van der Waals surface area contributed by atoms with E-state index in [2.05, 4.69) is 40.7 Å². The maximum absolute atomic E-state index is 12.1. The van der Waals surface area contributed by atoms with Crippen molar-refractivity contribution < 1.29 is 0 Å². The summed E-state index contributed by atoms with van der Waals surface area (Å²) in [5, 5.41) is 4.58. The van der Waals surface area contributed by atoms with Crippen molar-refractivity contribution in [3.05, 3.63) is 46.6 Å². The van der Waals surface area contributed by atoms with Crippen LogP contribution in [0.1, 0.15) is 39.3 Å². The Kier molecular flexibility index (Phi) is 4.64. The largest absolute Gasteiger partial charge is 0.341 e. The van der Waals surface area contributed by atoms with E-state index in [0.717, 1.165) is 37.6 Å². The van der Waals surface area contributed by atoms with Crippen molar-refractivity contribution in [1.29, 1.82) is 0 Å². The lowest BCUT2D eigenvalue weighted by Crippen LogP contribution is -2.38. The van der Waals surface area contributed by atoms with Crippen molar-refractivity contribution in [2.45, 2.75) is 45.6 Å². The molecule has 1 fully saturated rings. The minimum absolute atomic E-state index is 0.0168. The Labute approximate surface area is 142 Å². The Balaban J connectivity index is 1.65. The lowest BCUT2D eigenvalue weighted by Gasteiger charge is -2.32. The fourth-order valence-corrected chi connectivity index (χ4v) is 2.99. The maximum Gasteiger partial charge on any atom is 0.266 e. The maximum atomic E-state index is 12.1. The molecule has 128 valence electrons. The lowest BCUT2D eigenvalue weighted by atomic mass is 9.92. The molecule has 6 heteroatoms. The molecule has 1 aliphatic rings. The summed E-state index contributed by atoms with van der Waals surface area (Å²) in [5.41, 5.74) is 0.887. The number of rotatable bonds is 3. The molecule has 24 heavy (non-hydrogen) atoms. The zero-order chi connectivity index (χ0) is 17.2. The monoisotopic (exact) mass is 327 g/mol. The van der Waals surface area contributed by atoms with Crippen molar-refractivity contribution in [2.75, 3.05) is 18.0 Å². The van der Waals surface area contributed by atoms with E-state index >= 15 is 0 Å². The van der Waals surface area contributed by atoms with Crippen LogP contribution >= 0.6 is 0 Å². The van der Waals surface area contributed by atoms with Crippen molar-refractivity contribution >= 4 is 5.95 Å². The van der Waals surface area contributed by atoms with E-state index in [9.17, 15) is 4.79 Å². The Morgan fingerprint density at radius 2 is 1.79 bits per heavy atom. The van der Waals surface area contributed by atoms with Crippen LogP contribution in [0.25, 0.3) is 0 Å². The van der Waals surface area contributed by atoms with Gasteiger partial charge in [0.05, 0.1) is 5.69 Å². The van der Waals surface area contributed by atoms with Crippen LogP contribution in [-0.4, -0.2) is 32.8 Å². The average molecular weight is 327 g/mol.